The van der Waals surface area contributed by atoms with E-state index in [1.165, 1.54) is 16.7 Å². The Hall–Kier alpha value is -3.16. The van der Waals surface area contributed by atoms with E-state index in [4.69, 9.17) is 9.47 Å². The number of carbonyl (C=O) groups is 1. The Kier molecular flexibility index (Phi) is 7.98. The Labute approximate surface area is 201 Å². The first kappa shape index (κ1) is 24.0. The van der Waals surface area contributed by atoms with Crippen LogP contribution in [0, 0.1) is 13.8 Å². The lowest BCUT2D eigenvalue weighted by molar-refractivity contribution is 0.0318. The zero-order chi connectivity index (χ0) is 23.9. The van der Waals surface area contributed by atoms with Gasteiger partial charge in [0, 0.05) is 50.7 Å². The van der Waals surface area contributed by atoms with Gasteiger partial charge in [0.05, 0.1) is 26.9 Å². The van der Waals surface area contributed by atoms with Crippen molar-refractivity contribution in [2.45, 2.75) is 26.9 Å². The van der Waals surface area contributed by atoms with Crippen LogP contribution in [0.5, 0.6) is 5.75 Å². The lowest BCUT2D eigenvalue weighted by atomic mass is 10.1. The minimum absolute atomic E-state index is 0.0200. The third-order valence-corrected chi connectivity index (χ3v) is 6.37. The van der Waals surface area contributed by atoms with Crippen LogP contribution in [-0.4, -0.2) is 71.8 Å². The standard InChI is InChI=1S/C27H34N4O3/c1-21-7-8-22(2)24(17-21)19-30-10-9-28-26(30)20-31(12-11-29-13-15-34-16-14-29)27(32)23-5-4-6-25(18-23)33-3/h4-10,17-18H,11-16,19-20H2,1-3H3. The molecule has 0 unspecified atom stereocenters. The van der Waals surface area contributed by atoms with Crippen molar-refractivity contribution in [2.24, 2.45) is 0 Å². The number of amides is 1. The molecule has 0 N–H and O–H groups in total. The Morgan fingerprint density at radius 1 is 1.15 bits per heavy atom. The van der Waals surface area contributed by atoms with Gasteiger partial charge in [-0.25, -0.2) is 4.98 Å². The average molecular weight is 463 g/mol. The van der Waals surface area contributed by atoms with Crippen molar-refractivity contribution in [3.05, 3.63) is 82.9 Å². The Morgan fingerprint density at radius 2 is 1.97 bits per heavy atom. The molecular formula is C27H34N4O3. The average Bonchev–Trinajstić information content (AvgIpc) is 3.30. The molecule has 1 saturated heterocycles. The second-order valence-corrected chi connectivity index (χ2v) is 8.81. The highest BCUT2D eigenvalue weighted by Gasteiger charge is 2.21. The van der Waals surface area contributed by atoms with E-state index in [1.807, 2.05) is 35.5 Å². The topological polar surface area (TPSA) is 59.8 Å². The molecule has 3 aromatic rings. The Bertz CT molecular complexity index is 1100. The molecule has 1 fully saturated rings. The van der Waals surface area contributed by atoms with E-state index in [0.717, 1.165) is 45.2 Å². The van der Waals surface area contributed by atoms with Crippen LogP contribution in [0.15, 0.2) is 54.9 Å². The van der Waals surface area contributed by atoms with Gasteiger partial charge in [0.15, 0.2) is 0 Å². The van der Waals surface area contributed by atoms with Gasteiger partial charge in [0.2, 0.25) is 0 Å². The molecule has 1 aromatic heterocycles. The van der Waals surface area contributed by atoms with Crippen molar-refractivity contribution in [2.75, 3.05) is 46.5 Å². The maximum Gasteiger partial charge on any atom is 0.254 e. The quantitative estimate of drug-likeness (QED) is 0.487. The summed E-state index contributed by atoms with van der Waals surface area (Å²) in [4.78, 5) is 22.4. The second kappa shape index (κ2) is 11.3. The minimum Gasteiger partial charge on any atom is -0.497 e. The summed E-state index contributed by atoms with van der Waals surface area (Å²) in [6, 6.07) is 13.9. The summed E-state index contributed by atoms with van der Waals surface area (Å²) in [5.74, 6) is 1.53. The maximum atomic E-state index is 13.6. The van der Waals surface area contributed by atoms with Crippen LogP contribution in [0.3, 0.4) is 0 Å². The lowest BCUT2D eigenvalue weighted by Crippen LogP contribution is -2.43. The first-order valence-electron chi connectivity index (χ1n) is 11.8. The molecule has 2 aromatic carbocycles. The number of morpholine rings is 1. The smallest absolute Gasteiger partial charge is 0.254 e. The number of hydrogen-bond acceptors (Lipinski definition) is 5. The number of nitrogens with zero attached hydrogens (tertiary/aromatic N) is 4. The summed E-state index contributed by atoms with van der Waals surface area (Å²) >= 11 is 0. The lowest BCUT2D eigenvalue weighted by Gasteiger charge is -2.30. The molecule has 4 rings (SSSR count). The van der Waals surface area contributed by atoms with E-state index in [1.54, 1.807) is 13.2 Å². The van der Waals surface area contributed by atoms with Gasteiger partial charge >= 0.3 is 0 Å². The highest BCUT2D eigenvalue weighted by Crippen LogP contribution is 2.18. The molecule has 0 radical (unpaired) electrons. The van der Waals surface area contributed by atoms with Crippen LogP contribution < -0.4 is 4.74 Å². The van der Waals surface area contributed by atoms with Gasteiger partial charge in [-0.05, 0) is 43.2 Å². The van der Waals surface area contributed by atoms with Crippen LogP contribution in [0.1, 0.15) is 32.9 Å². The molecule has 7 nitrogen and oxygen atoms in total. The minimum atomic E-state index is -0.0200. The highest BCUT2D eigenvalue weighted by atomic mass is 16.5. The number of ether oxygens (including phenoxy) is 2. The first-order valence-corrected chi connectivity index (χ1v) is 11.8. The number of benzene rings is 2. The van der Waals surface area contributed by atoms with Crippen molar-refractivity contribution in [3.8, 4) is 5.75 Å². The fourth-order valence-electron chi connectivity index (χ4n) is 4.24. The van der Waals surface area contributed by atoms with E-state index in [9.17, 15) is 4.79 Å². The van der Waals surface area contributed by atoms with Gasteiger partial charge in [-0.2, -0.15) is 0 Å². The fourth-order valence-corrected chi connectivity index (χ4v) is 4.24. The Balaban J connectivity index is 1.54. The van der Waals surface area contributed by atoms with Gasteiger partial charge in [0.25, 0.3) is 5.91 Å². The summed E-state index contributed by atoms with van der Waals surface area (Å²) in [5.41, 5.74) is 4.37. The predicted molar refractivity (Wildman–Crippen MR) is 132 cm³/mol. The molecule has 2 heterocycles. The van der Waals surface area contributed by atoms with Crippen LogP contribution in [0.4, 0.5) is 0 Å². The summed E-state index contributed by atoms with van der Waals surface area (Å²) < 4.78 is 13.0. The molecule has 34 heavy (non-hydrogen) atoms. The third kappa shape index (κ3) is 6.04. The molecule has 180 valence electrons. The summed E-state index contributed by atoms with van der Waals surface area (Å²) in [6.07, 6.45) is 3.81. The van der Waals surface area contributed by atoms with Crippen LogP contribution in [0.25, 0.3) is 0 Å². The number of methoxy groups -OCH3 is 1. The Morgan fingerprint density at radius 3 is 2.76 bits per heavy atom. The summed E-state index contributed by atoms with van der Waals surface area (Å²) in [7, 11) is 1.61. The second-order valence-electron chi connectivity index (χ2n) is 8.81. The number of carbonyl (C=O) groups excluding carboxylic acids is 1. The number of aryl methyl sites for hydroxylation is 2. The van der Waals surface area contributed by atoms with E-state index in [2.05, 4.69) is 46.5 Å². The van der Waals surface area contributed by atoms with Crippen LogP contribution >= 0.6 is 0 Å². The van der Waals surface area contributed by atoms with Crippen LogP contribution in [0.2, 0.25) is 0 Å². The van der Waals surface area contributed by atoms with Crippen molar-refractivity contribution in [3.63, 3.8) is 0 Å². The van der Waals surface area contributed by atoms with Gasteiger partial charge in [-0.3, -0.25) is 9.69 Å². The zero-order valence-electron chi connectivity index (χ0n) is 20.4. The zero-order valence-corrected chi connectivity index (χ0v) is 20.4. The third-order valence-electron chi connectivity index (χ3n) is 6.37. The van der Waals surface area contributed by atoms with Gasteiger partial charge < -0.3 is 18.9 Å². The molecule has 0 atom stereocenters. The predicted octanol–water partition coefficient (Wildman–Crippen LogP) is 3.53. The van der Waals surface area contributed by atoms with Crippen molar-refractivity contribution in [1.29, 1.82) is 0 Å². The van der Waals surface area contributed by atoms with E-state index < -0.39 is 0 Å². The number of rotatable bonds is 9. The molecule has 1 amide bonds. The van der Waals surface area contributed by atoms with Gasteiger partial charge in [0.1, 0.15) is 11.6 Å². The molecule has 1 aliphatic heterocycles. The fraction of sp³-hybridized carbons (Fsp3) is 0.407. The van der Waals surface area contributed by atoms with Crippen molar-refractivity contribution in [1.82, 2.24) is 19.4 Å². The highest BCUT2D eigenvalue weighted by molar-refractivity contribution is 5.94. The van der Waals surface area contributed by atoms with Crippen molar-refractivity contribution >= 4 is 5.91 Å². The number of aromatic nitrogens is 2. The molecule has 0 saturated carbocycles. The van der Waals surface area contributed by atoms with E-state index in [-0.39, 0.29) is 5.91 Å². The number of hydrogen-bond donors (Lipinski definition) is 0. The first-order chi connectivity index (χ1) is 16.5. The number of imidazole rings is 1. The summed E-state index contributed by atoms with van der Waals surface area (Å²) in [5, 5.41) is 0. The maximum absolute atomic E-state index is 13.6. The summed E-state index contributed by atoms with van der Waals surface area (Å²) in [6.45, 7) is 10.1. The molecule has 7 heteroatoms. The largest absolute Gasteiger partial charge is 0.497 e. The molecule has 0 aliphatic carbocycles. The normalized spacial score (nSPS) is 14.2. The monoisotopic (exact) mass is 462 g/mol. The van der Waals surface area contributed by atoms with E-state index >= 15 is 0 Å². The van der Waals surface area contributed by atoms with E-state index in [0.29, 0.717) is 24.4 Å². The van der Waals surface area contributed by atoms with Crippen LogP contribution in [-0.2, 0) is 17.8 Å². The molecule has 1 aliphatic rings. The molecule has 0 bridgehead atoms. The molecular weight excluding hydrogens is 428 g/mol. The van der Waals surface area contributed by atoms with Crippen molar-refractivity contribution < 1.29 is 14.3 Å². The van der Waals surface area contributed by atoms with Gasteiger partial charge in [-0.15, -0.1) is 0 Å². The molecule has 0 spiro atoms. The SMILES string of the molecule is COc1cccc(C(=O)N(CCN2CCOCC2)Cc2nccn2Cc2cc(C)ccc2C)c1. The van der Waals surface area contributed by atoms with Gasteiger partial charge in [-0.1, -0.05) is 29.8 Å².